The zero-order valence-electron chi connectivity index (χ0n) is 20.0. The van der Waals surface area contributed by atoms with E-state index in [0.717, 1.165) is 34.0 Å². The van der Waals surface area contributed by atoms with E-state index < -0.39 is 47.2 Å². The fraction of sp³-hybridized carbons (Fsp3) is 0.320. The molecule has 0 aliphatic carbocycles. The predicted octanol–water partition coefficient (Wildman–Crippen LogP) is 5.98. The van der Waals surface area contributed by atoms with E-state index in [1.54, 1.807) is 6.92 Å². The van der Waals surface area contributed by atoms with Crippen LogP contribution >= 0.6 is 0 Å². The summed E-state index contributed by atoms with van der Waals surface area (Å²) in [5.74, 6) is -5.87. The van der Waals surface area contributed by atoms with Crippen molar-refractivity contribution in [2.24, 2.45) is 7.05 Å². The number of halogens is 6. The number of alkyl halides is 6. The second kappa shape index (κ2) is 8.93. The van der Waals surface area contributed by atoms with Gasteiger partial charge < -0.3 is 14.2 Å². The number of nitrogens with zero attached hydrogens (tertiary/aromatic N) is 4. The van der Waals surface area contributed by atoms with Crippen molar-refractivity contribution in [1.29, 1.82) is 0 Å². The summed E-state index contributed by atoms with van der Waals surface area (Å²) in [5, 5.41) is 6.70. The second-order valence-electron chi connectivity index (χ2n) is 8.69. The largest absolute Gasteiger partial charge is 0.494 e. The number of carbonyl (C=O) groups is 1. The van der Waals surface area contributed by atoms with Gasteiger partial charge in [0.25, 0.3) is 5.91 Å². The van der Waals surface area contributed by atoms with Gasteiger partial charge in [0.2, 0.25) is 11.5 Å². The molecule has 1 atom stereocenters. The monoisotopic (exact) mass is 524 g/mol. The Morgan fingerprint density at radius 1 is 1.14 bits per heavy atom. The highest BCUT2D eigenvalue weighted by atomic mass is 19.4. The summed E-state index contributed by atoms with van der Waals surface area (Å²) in [6.07, 6.45) is -3.79. The van der Waals surface area contributed by atoms with Crippen LogP contribution in [0.2, 0.25) is 0 Å². The van der Waals surface area contributed by atoms with Gasteiger partial charge in [-0.25, -0.2) is 4.39 Å². The van der Waals surface area contributed by atoms with Gasteiger partial charge in [0.05, 0.1) is 18.7 Å². The molecule has 1 aliphatic rings. The Morgan fingerprint density at radius 2 is 1.84 bits per heavy atom. The van der Waals surface area contributed by atoms with Crippen LogP contribution in [0.4, 0.5) is 32.0 Å². The summed E-state index contributed by atoms with van der Waals surface area (Å²) >= 11 is 0. The standard InChI is InChI=1S/C25H22F6N4O2/c1-5-37-14(2)15-9-18-19(20(10-15)25(29,30)31)12-35(21(18)36)17-8-6-7-16(11-17)23(3,26)24(27,28)22-33-32-13-34(22)4/h6-11,13H,2,5,12H2,1,3-4H3/t23-/m1/s1. The van der Waals surface area contributed by atoms with Gasteiger partial charge in [0, 0.05) is 23.9 Å². The molecule has 1 aliphatic heterocycles. The van der Waals surface area contributed by atoms with Gasteiger partial charge in [-0.2, -0.15) is 22.0 Å². The molecule has 3 aromatic rings. The van der Waals surface area contributed by atoms with E-state index in [-0.39, 0.29) is 34.7 Å². The van der Waals surface area contributed by atoms with Crippen LogP contribution in [0.5, 0.6) is 0 Å². The van der Waals surface area contributed by atoms with Gasteiger partial charge >= 0.3 is 12.1 Å². The minimum atomic E-state index is -4.79. The minimum Gasteiger partial charge on any atom is -0.494 e. The maximum atomic E-state index is 15.7. The van der Waals surface area contributed by atoms with E-state index in [1.807, 2.05) is 0 Å². The molecule has 196 valence electrons. The normalized spacial score (nSPS) is 15.5. The summed E-state index contributed by atoms with van der Waals surface area (Å²) in [5.41, 5.74) is -5.42. The maximum absolute atomic E-state index is 15.7. The first-order chi connectivity index (χ1) is 17.2. The molecule has 0 unspecified atom stereocenters. The molecule has 0 N–H and O–H groups in total. The third kappa shape index (κ3) is 4.34. The number of aromatic nitrogens is 3. The molecule has 0 saturated heterocycles. The molecule has 0 fully saturated rings. The van der Waals surface area contributed by atoms with Crippen LogP contribution in [0.15, 0.2) is 49.3 Å². The quantitative estimate of drug-likeness (QED) is 0.282. The minimum absolute atomic E-state index is 0.0171. The lowest BCUT2D eigenvalue weighted by atomic mass is 9.90. The van der Waals surface area contributed by atoms with E-state index >= 15 is 13.2 Å². The van der Waals surface area contributed by atoms with Crippen molar-refractivity contribution in [3.63, 3.8) is 0 Å². The van der Waals surface area contributed by atoms with Crippen molar-refractivity contribution in [1.82, 2.24) is 14.8 Å². The number of amides is 1. The van der Waals surface area contributed by atoms with Crippen molar-refractivity contribution < 1.29 is 35.9 Å². The topological polar surface area (TPSA) is 60.2 Å². The number of fused-ring (bicyclic) bond motifs is 1. The van der Waals surface area contributed by atoms with Crippen LogP contribution in [0.3, 0.4) is 0 Å². The fourth-order valence-corrected chi connectivity index (χ4v) is 4.21. The highest BCUT2D eigenvalue weighted by Gasteiger charge is 2.57. The Labute approximate surface area is 208 Å². The number of hydrogen-bond donors (Lipinski definition) is 0. The van der Waals surface area contributed by atoms with Gasteiger partial charge in [-0.15, -0.1) is 10.2 Å². The zero-order chi connectivity index (χ0) is 27.3. The van der Waals surface area contributed by atoms with Crippen LogP contribution in [0.25, 0.3) is 5.76 Å². The van der Waals surface area contributed by atoms with Crippen LogP contribution < -0.4 is 4.90 Å². The lowest BCUT2D eigenvalue weighted by Gasteiger charge is -2.30. The van der Waals surface area contributed by atoms with E-state index in [9.17, 15) is 18.0 Å². The fourth-order valence-electron chi connectivity index (χ4n) is 4.21. The number of benzene rings is 2. The van der Waals surface area contributed by atoms with Gasteiger partial charge in [-0.1, -0.05) is 18.7 Å². The van der Waals surface area contributed by atoms with Gasteiger partial charge in [-0.05, 0) is 49.2 Å². The molecule has 2 aromatic carbocycles. The van der Waals surface area contributed by atoms with Gasteiger partial charge in [-0.3, -0.25) is 4.79 Å². The van der Waals surface area contributed by atoms with Crippen LogP contribution in [-0.2, 0) is 36.1 Å². The Balaban J connectivity index is 1.75. The zero-order valence-corrected chi connectivity index (χ0v) is 20.0. The summed E-state index contributed by atoms with van der Waals surface area (Å²) < 4.78 is 93.8. The Kier molecular flexibility index (Phi) is 6.33. The summed E-state index contributed by atoms with van der Waals surface area (Å²) in [4.78, 5) is 14.2. The molecule has 0 bridgehead atoms. The average Bonchev–Trinajstić information content (AvgIpc) is 3.41. The summed E-state index contributed by atoms with van der Waals surface area (Å²) in [6, 6.07) is 6.80. The molecule has 6 nitrogen and oxygen atoms in total. The molecule has 4 rings (SSSR count). The number of anilines is 1. The Bertz CT molecular complexity index is 1380. The lowest BCUT2D eigenvalue weighted by molar-refractivity contribution is -0.149. The van der Waals surface area contributed by atoms with E-state index in [0.29, 0.717) is 6.92 Å². The number of ether oxygens (including phenoxy) is 1. The van der Waals surface area contributed by atoms with Crippen molar-refractivity contribution in [3.05, 3.63) is 82.9 Å². The Hall–Kier alpha value is -3.83. The third-order valence-electron chi connectivity index (χ3n) is 6.27. The van der Waals surface area contributed by atoms with E-state index in [4.69, 9.17) is 4.74 Å². The lowest BCUT2D eigenvalue weighted by Crippen LogP contribution is -2.39. The number of aryl methyl sites for hydroxylation is 1. The molecule has 0 spiro atoms. The molecular formula is C25H22F6N4O2. The van der Waals surface area contributed by atoms with Crippen molar-refractivity contribution in [2.75, 3.05) is 11.5 Å². The molecule has 2 heterocycles. The first kappa shape index (κ1) is 26.2. The van der Waals surface area contributed by atoms with Crippen LogP contribution in [0.1, 0.15) is 52.3 Å². The van der Waals surface area contributed by atoms with E-state index in [1.165, 1.54) is 25.2 Å². The highest BCUT2D eigenvalue weighted by molar-refractivity contribution is 6.10. The second-order valence-corrected chi connectivity index (χ2v) is 8.69. The molecule has 12 heteroatoms. The van der Waals surface area contributed by atoms with Crippen molar-refractivity contribution in [3.8, 4) is 0 Å². The molecule has 0 saturated carbocycles. The third-order valence-corrected chi connectivity index (χ3v) is 6.27. The first-order valence-corrected chi connectivity index (χ1v) is 11.1. The van der Waals surface area contributed by atoms with Crippen LogP contribution in [0, 0.1) is 0 Å². The molecular weight excluding hydrogens is 502 g/mol. The molecule has 1 amide bonds. The number of carbonyl (C=O) groups excluding carboxylic acids is 1. The summed E-state index contributed by atoms with van der Waals surface area (Å²) in [7, 11) is 1.24. The van der Waals surface area contributed by atoms with E-state index in [2.05, 4.69) is 16.8 Å². The van der Waals surface area contributed by atoms with Gasteiger partial charge in [0.15, 0.2) is 0 Å². The van der Waals surface area contributed by atoms with Crippen LogP contribution in [-0.4, -0.2) is 27.3 Å². The van der Waals surface area contributed by atoms with Crippen molar-refractivity contribution >= 4 is 17.4 Å². The number of rotatable bonds is 7. The van der Waals surface area contributed by atoms with Gasteiger partial charge in [0.1, 0.15) is 12.1 Å². The molecule has 1 aromatic heterocycles. The smallest absolute Gasteiger partial charge is 0.416 e. The first-order valence-electron chi connectivity index (χ1n) is 11.1. The number of hydrogen-bond acceptors (Lipinski definition) is 4. The Morgan fingerprint density at radius 3 is 2.43 bits per heavy atom. The molecule has 0 radical (unpaired) electrons. The molecule has 37 heavy (non-hydrogen) atoms. The highest BCUT2D eigenvalue weighted by Crippen LogP contribution is 2.48. The average molecular weight is 524 g/mol. The van der Waals surface area contributed by atoms with Crippen molar-refractivity contribution in [2.45, 2.75) is 38.2 Å². The summed E-state index contributed by atoms with van der Waals surface area (Å²) in [6.45, 7) is 5.58. The predicted molar refractivity (Wildman–Crippen MR) is 122 cm³/mol. The maximum Gasteiger partial charge on any atom is 0.416 e. The SMILES string of the molecule is C=C(OCC)c1cc2c(c(C(F)(F)F)c1)CN(c1cccc([C@@](C)(F)C(F)(F)c3nncn3C)c1)C2=O.